The molecule has 0 radical (unpaired) electrons. The largest absolute Gasteiger partial charge is 0.444 e. The van der Waals surface area contributed by atoms with Gasteiger partial charge in [-0.25, -0.2) is 4.79 Å². The predicted molar refractivity (Wildman–Crippen MR) is 63.4 cm³/mol. The van der Waals surface area contributed by atoms with Gasteiger partial charge >= 0.3 is 6.09 Å². The number of alkyl carbamates (subject to hydrolysis) is 1. The summed E-state index contributed by atoms with van der Waals surface area (Å²) in [6, 6.07) is 0. The third-order valence-electron chi connectivity index (χ3n) is 1.71. The minimum atomic E-state index is -0.441. The van der Waals surface area contributed by atoms with Gasteiger partial charge < -0.3 is 20.5 Å². The van der Waals surface area contributed by atoms with Crippen LogP contribution in [0.15, 0.2) is 0 Å². The van der Waals surface area contributed by atoms with Crippen molar-refractivity contribution in [2.24, 2.45) is 0 Å². The van der Waals surface area contributed by atoms with E-state index >= 15 is 0 Å². The van der Waals surface area contributed by atoms with Crippen LogP contribution in [0.5, 0.6) is 0 Å². The van der Waals surface area contributed by atoms with Crippen molar-refractivity contribution in [3.05, 3.63) is 0 Å². The van der Waals surface area contributed by atoms with Gasteiger partial charge in [0.15, 0.2) is 0 Å². The summed E-state index contributed by atoms with van der Waals surface area (Å²) in [5.41, 5.74) is -0.441. The number of carbonyl (C=O) groups excluding carboxylic acids is 1. The van der Waals surface area contributed by atoms with E-state index in [1.54, 1.807) is 0 Å². The molecule has 96 valence electrons. The lowest BCUT2D eigenvalue weighted by Gasteiger charge is -2.19. The lowest BCUT2D eigenvalue weighted by molar-refractivity contribution is 0.0527. The Balaban J connectivity index is 3.28. The van der Waals surface area contributed by atoms with Crippen molar-refractivity contribution in [2.75, 3.05) is 26.2 Å². The van der Waals surface area contributed by atoms with Crippen LogP contribution < -0.4 is 10.6 Å². The van der Waals surface area contributed by atoms with Gasteiger partial charge in [0.05, 0.1) is 0 Å². The van der Waals surface area contributed by atoms with E-state index in [0.29, 0.717) is 6.54 Å². The molecule has 5 nitrogen and oxygen atoms in total. The second-order valence-corrected chi connectivity index (χ2v) is 4.61. The SMILES string of the molecule is CC(C)(C)OC(=O)NCCCNCCCO. The van der Waals surface area contributed by atoms with E-state index in [4.69, 9.17) is 9.84 Å². The molecule has 0 aromatic rings. The molecule has 0 bridgehead atoms. The monoisotopic (exact) mass is 232 g/mol. The Labute approximate surface area is 97.6 Å². The molecule has 0 aliphatic rings. The lowest BCUT2D eigenvalue weighted by atomic mass is 10.2. The van der Waals surface area contributed by atoms with Gasteiger partial charge in [0.2, 0.25) is 0 Å². The molecule has 0 spiro atoms. The Morgan fingerprint density at radius 2 is 1.81 bits per heavy atom. The fourth-order valence-electron chi connectivity index (χ4n) is 1.05. The van der Waals surface area contributed by atoms with Crippen molar-refractivity contribution >= 4 is 6.09 Å². The number of aliphatic hydroxyl groups excluding tert-OH is 1. The van der Waals surface area contributed by atoms with E-state index in [0.717, 1.165) is 25.9 Å². The first kappa shape index (κ1) is 15.2. The van der Waals surface area contributed by atoms with Gasteiger partial charge in [-0.3, -0.25) is 0 Å². The molecule has 16 heavy (non-hydrogen) atoms. The Kier molecular flexibility index (Phi) is 7.93. The topological polar surface area (TPSA) is 70.6 Å². The number of rotatable bonds is 7. The minimum absolute atomic E-state index is 0.211. The maximum absolute atomic E-state index is 11.2. The highest BCUT2D eigenvalue weighted by Crippen LogP contribution is 2.06. The van der Waals surface area contributed by atoms with Crippen molar-refractivity contribution < 1.29 is 14.6 Å². The van der Waals surface area contributed by atoms with Crippen molar-refractivity contribution in [2.45, 2.75) is 39.2 Å². The van der Waals surface area contributed by atoms with Crippen LogP contribution in [-0.2, 0) is 4.74 Å². The summed E-state index contributed by atoms with van der Waals surface area (Å²) in [6.07, 6.45) is 1.24. The van der Waals surface area contributed by atoms with E-state index in [1.807, 2.05) is 20.8 Å². The van der Waals surface area contributed by atoms with Gasteiger partial charge in [-0.05, 0) is 46.7 Å². The highest BCUT2D eigenvalue weighted by Gasteiger charge is 2.15. The Morgan fingerprint density at radius 3 is 2.38 bits per heavy atom. The zero-order chi connectivity index (χ0) is 12.4. The molecule has 0 atom stereocenters. The zero-order valence-electron chi connectivity index (χ0n) is 10.5. The molecule has 0 rings (SSSR count). The van der Waals surface area contributed by atoms with Crippen LogP contribution in [0.1, 0.15) is 33.6 Å². The number of hydrogen-bond donors (Lipinski definition) is 3. The normalized spacial score (nSPS) is 11.2. The third kappa shape index (κ3) is 11.3. The van der Waals surface area contributed by atoms with Crippen LogP contribution in [0.3, 0.4) is 0 Å². The summed E-state index contributed by atoms with van der Waals surface area (Å²) in [4.78, 5) is 11.2. The molecule has 3 N–H and O–H groups in total. The quantitative estimate of drug-likeness (QED) is 0.570. The maximum Gasteiger partial charge on any atom is 0.407 e. The van der Waals surface area contributed by atoms with Crippen molar-refractivity contribution in [1.29, 1.82) is 0 Å². The fraction of sp³-hybridized carbons (Fsp3) is 0.909. The van der Waals surface area contributed by atoms with E-state index in [9.17, 15) is 4.79 Å². The summed E-state index contributed by atoms with van der Waals surface area (Å²) < 4.78 is 5.08. The van der Waals surface area contributed by atoms with Crippen LogP contribution in [-0.4, -0.2) is 43.0 Å². The average molecular weight is 232 g/mol. The number of carbonyl (C=O) groups is 1. The van der Waals surface area contributed by atoms with Crippen LogP contribution in [0, 0.1) is 0 Å². The molecule has 0 aliphatic heterocycles. The summed E-state index contributed by atoms with van der Waals surface area (Å²) in [7, 11) is 0. The Hall–Kier alpha value is -0.810. The van der Waals surface area contributed by atoms with E-state index < -0.39 is 5.60 Å². The summed E-state index contributed by atoms with van der Waals surface area (Å²) >= 11 is 0. The number of nitrogens with one attached hydrogen (secondary N) is 2. The van der Waals surface area contributed by atoms with Gasteiger partial charge in [0.1, 0.15) is 5.60 Å². The maximum atomic E-state index is 11.2. The summed E-state index contributed by atoms with van der Waals surface area (Å²) in [6.45, 7) is 7.96. The molecule has 0 unspecified atom stereocenters. The first-order valence-electron chi connectivity index (χ1n) is 5.74. The molecule has 0 aromatic carbocycles. The van der Waals surface area contributed by atoms with Crippen molar-refractivity contribution in [3.8, 4) is 0 Å². The molecule has 5 heteroatoms. The van der Waals surface area contributed by atoms with Gasteiger partial charge in [-0.1, -0.05) is 0 Å². The molecule has 0 heterocycles. The van der Waals surface area contributed by atoms with E-state index in [2.05, 4.69) is 10.6 Å². The molecule has 0 saturated heterocycles. The van der Waals surface area contributed by atoms with Crippen molar-refractivity contribution in [1.82, 2.24) is 10.6 Å². The van der Waals surface area contributed by atoms with Crippen LogP contribution in [0.4, 0.5) is 4.79 Å². The Bertz CT molecular complexity index is 190. The highest BCUT2D eigenvalue weighted by atomic mass is 16.6. The van der Waals surface area contributed by atoms with Crippen LogP contribution >= 0.6 is 0 Å². The molecule has 1 amide bonds. The number of amides is 1. The summed E-state index contributed by atoms with van der Waals surface area (Å²) in [5, 5.41) is 14.4. The number of ether oxygens (including phenoxy) is 1. The Morgan fingerprint density at radius 1 is 1.19 bits per heavy atom. The first-order chi connectivity index (χ1) is 7.45. The molecule has 0 aliphatic carbocycles. The zero-order valence-corrected chi connectivity index (χ0v) is 10.5. The number of hydrogen-bond acceptors (Lipinski definition) is 4. The standard InChI is InChI=1S/C11H24N2O3/c1-11(2,3)16-10(15)13-8-4-6-12-7-5-9-14/h12,14H,4-9H2,1-3H3,(H,13,15). The van der Waals surface area contributed by atoms with E-state index in [-0.39, 0.29) is 12.7 Å². The average Bonchev–Trinajstić information content (AvgIpc) is 2.13. The van der Waals surface area contributed by atoms with Gasteiger partial charge in [-0.15, -0.1) is 0 Å². The molecular weight excluding hydrogens is 208 g/mol. The van der Waals surface area contributed by atoms with E-state index in [1.165, 1.54) is 0 Å². The minimum Gasteiger partial charge on any atom is -0.444 e. The second kappa shape index (κ2) is 8.35. The van der Waals surface area contributed by atoms with Gasteiger partial charge in [-0.2, -0.15) is 0 Å². The van der Waals surface area contributed by atoms with Gasteiger partial charge in [0.25, 0.3) is 0 Å². The van der Waals surface area contributed by atoms with Crippen molar-refractivity contribution in [3.63, 3.8) is 0 Å². The third-order valence-corrected chi connectivity index (χ3v) is 1.71. The summed E-state index contributed by atoms with van der Waals surface area (Å²) in [5.74, 6) is 0. The highest BCUT2D eigenvalue weighted by molar-refractivity contribution is 5.67. The number of aliphatic hydroxyl groups is 1. The second-order valence-electron chi connectivity index (χ2n) is 4.61. The molecule has 0 fully saturated rings. The molecule has 0 aromatic heterocycles. The van der Waals surface area contributed by atoms with Crippen LogP contribution in [0.2, 0.25) is 0 Å². The van der Waals surface area contributed by atoms with Gasteiger partial charge in [0, 0.05) is 13.2 Å². The fourth-order valence-corrected chi connectivity index (χ4v) is 1.05. The molecule has 0 saturated carbocycles. The predicted octanol–water partition coefficient (Wildman–Crippen LogP) is 0.873. The lowest BCUT2D eigenvalue weighted by Crippen LogP contribution is -2.34. The smallest absolute Gasteiger partial charge is 0.407 e. The molecular formula is C11H24N2O3. The van der Waals surface area contributed by atoms with Crippen LogP contribution in [0.25, 0.3) is 0 Å². The first-order valence-corrected chi connectivity index (χ1v) is 5.74.